The van der Waals surface area contributed by atoms with E-state index in [0.717, 1.165) is 6.42 Å². The van der Waals surface area contributed by atoms with E-state index in [-0.39, 0.29) is 12.6 Å². The van der Waals surface area contributed by atoms with Gasteiger partial charge >= 0.3 is 5.97 Å². The second-order valence-electron chi connectivity index (χ2n) is 3.15. The minimum Gasteiger partial charge on any atom is -0.482 e. The monoisotopic (exact) mass is 222 g/mol. The largest absolute Gasteiger partial charge is 0.482 e. The summed E-state index contributed by atoms with van der Waals surface area (Å²) in [6.07, 6.45) is 1.74. The third-order valence-electron chi connectivity index (χ3n) is 1.83. The van der Waals surface area contributed by atoms with E-state index in [1.165, 1.54) is 0 Å². The van der Waals surface area contributed by atoms with E-state index in [9.17, 15) is 9.59 Å². The average Bonchev–Trinajstić information content (AvgIpc) is 2.28. The molecule has 0 bridgehead atoms. The van der Waals surface area contributed by atoms with Crippen molar-refractivity contribution in [2.75, 3.05) is 6.61 Å². The summed E-state index contributed by atoms with van der Waals surface area (Å²) >= 11 is 0. The molecule has 0 aliphatic carbocycles. The van der Waals surface area contributed by atoms with Crippen LogP contribution in [0.15, 0.2) is 24.3 Å². The molecule has 0 heterocycles. The number of rotatable bonds is 6. The van der Waals surface area contributed by atoms with E-state index in [0.29, 0.717) is 24.2 Å². The van der Waals surface area contributed by atoms with Crippen molar-refractivity contribution in [3.63, 3.8) is 0 Å². The van der Waals surface area contributed by atoms with Gasteiger partial charge in [-0.3, -0.25) is 9.59 Å². The highest BCUT2D eigenvalue weighted by atomic mass is 16.6. The number of carbonyl (C=O) groups is 2. The van der Waals surface area contributed by atoms with Crippen LogP contribution < -0.4 is 9.47 Å². The molecule has 0 aliphatic heterocycles. The Kier molecular flexibility index (Phi) is 5.05. The van der Waals surface area contributed by atoms with Crippen LogP contribution in [0.4, 0.5) is 0 Å². The molecular formula is C12H14O4. The third-order valence-corrected chi connectivity index (χ3v) is 1.83. The summed E-state index contributed by atoms with van der Waals surface area (Å²) in [5.74, 6) is 0.450. The molecule has 0 aromatic heterocycles. The van der Waals surface area contributed by atoms with Crippen molar-refractivity contribution in [2.45, 2.75) is 19.8 Å². The van der Waals surface area contributed by atoms with Crippen molar-refractivity contribution in [1.82, 2.24) is 0 Å². The molecule has 0 saturated carbocycles. The van der Waals surface area contributed by atoms with Crippen molar-refractivity contribution in [2.24, 2.45) is 0 Å². The zero-order valence-electron chi connectivity index (χ0n) is 9.14. The Balaban J connectivity index is 2.70. The first-order valence-corrected chi connectivity index (χ1v) is 5.14. The summed E-state index contributed by atoms with van der Waals surface area (Å²) < 4.78 is 10.2. The normalized spacial score (nSPS) is 9.56. The number of para-hydroxylation sites is 2. The molecule has 0 saturated heterocycles. The van der Waals surface area contributed by atoms with Gasteiger partial charge in [-0.05, 0) is 18.6 Å². The number of carbonyl (C=O) groups excluding carboxylic acids is 2. The topological polar surface area (TPSA) is 52.6 Å². The molecule has 4 heteroatoms. The molecule has 0 N–H and O–H groups in total. The van der Waals surface area contributed by atoms with Crippen LogP contribution in [0.2, 0.25) is 0 Å². The lowest BCUT2D eigenvalue weighted by Gasteiger charge is -2.09. The third kappa shape index (κ3) is 3.73. The molecule has 1 rings (SSSR count). The number of hydrogen-bond donors (Lipinski definition) is 0. The highest BCUT2D eigenvalue weighted by molar-refractivity contribution is 5.73. The van der Waals surface area contributed by atoms with E-state index in [2.05, 4.69) is 0 Å². The zero-order valence-corrected chi connectivity index (χ0v) is 9.14. The Labute approximate surface area is 94.2 Å². The summed E-state index contributed by atoms with van der Waals surface area (Å²) in [4.78, 5) is 21.5. The molecule has 0 unspecified atom stereocenters. The summed E-state index contributed by atoms with van der Waals surface area (Å²) in [6, 6.07) is 6.77. The number of benzene rings is 1. The summed E-state index contributed by atoms with van der Waals surface area (Å²) in [5.41, 5.74) is 0. The van der Waals surface area contributed by atoms with Crippen molar-refractivity contribution in [1.29, 1.82) is 0 Å². The highest BCUT2D eigenvalue weighted by Crippen LogP contribution is 2.26. The standard InChI is InChI=1S/C12H14O4/c1-2-5-12(14)16-11-7-4-3-6-10(11)15-9-8-13/h3-4,6-8H,2,5,9H2,1H3. The highest BCUT2D eigenvalue weighted by Gasteiger charge is 2.08. The molecule has 0 aliphatic rings. The van der Waals surface area contributed by atoms with E-state index in [1.807, 2.05) is 6.92 Å². The summed E-state index contributed by atoms with van der Waals surface area (Å²) in [6.45, 7) is 1.85. The Bertz CT molecular complexity index is 360. The van der Waals surface area contributed by atoms with Crippen LogP contribution in [-0.2, 0) is 9.59 Å². The van der Waals surface area contributed by atoms with Gasteiger partial charge in [0.1, 0.15) is 6.61 Å². The van der Waals surface area contributed by atoms with Crippen molar-refractivity contribution < 1.29 is 19.1 Å². The van der Waals surface area contributed by atoms with Gasteiger partial charge < -0.3 is 9.47 Å². The van der Waals surface area contributed by atoms with E-state index in [1.54, 1.807) is 24.3 Å². The predicted octanol–water partition coefficient (Wildman–Crippen LogP) is 1.97. The fourth-order valence-corrected chi connectivity index (χ4v) is 1.16. The van der Waals surface area contributed by atoms with Crippen LogP contribution >= 0.6 is 0 Å². The van der Waals surface area contributed by atoms with E-state index in [4.69, 9.17) is 9.47 Å². The van der Waals surface area contributed by atoms with Gasteiger partial charge in [-0.2, -0.15) is 0 Å². The first-order chi connectivity index (χ1) is 7.77. The maximum Gasteiger partial charge on any atom is 0.311 e. The molecule has 1 aromatic carbocycles. The Morgan fingerprint density at radius 3 is 2.62 bits per heavy atom. The lowest BCUT2D eigenvalue weighted by atomic mass is 10.3. The van der Waals surface area contributed by atoms with Crippen LogP contribution in [0, 0.1) is 0 Å². The van der Waals surface area contributed by atoms with Crippen molar-refractivity contribution in [3.05, 3.63) is 24.3 Å². The lowest BCUT2D eigenvalue weighted by Crippen LogP contribution is -2.08. The van der Waals surface area contributed by atoms with Crippen molar-refractivity contribution in [3.8, 4) is 11.5 Å². The molecule has 1 aromatic rings. The average molecular weight is 222 g/mol. The molecule has 4 nitrogen and oxygen atoms in total. The summed E-state index contributed by atoms with van der Waals surface area (Å²) in [5, 5.41) is 0. The molecular weight excluding hydrogens is 208 g/mol. The maximum absolute atomic E-state index is 11.3. The lowest BCUT2D eigenvalue weighted by molar-refractivity contribution is -0.134. The minimum atomic E-state index is -0.301. The van der Waals surface area contributed by atoms with Crippen LogP contribution in [-0.4, -0.2) is 18.9 Å². The predicted molar refractivity (Wildman–Crippen MR) is 58.5 cm³/mol. The molecule has 0 radical (unpaired) electrons. The Morgan fingerprint density at radius 1 is 1.31 bits per heavy atom. The van der Waals surface area contributed by atoms with Gasteiger partial charge in [0.05, 0.1) is 0 Å². The van der Waals surface area contributed by atoms with E-state index < -0.39 is 0 Å². The second-order valence-corrected chi connectivity index (χ2v) is 3.15. The van der Waals surface area contributed by atoms with Gasteiger partial charge in [0.25, 0.3) is 0 Å². The van der Waals surface area contributed by atoms with Gasteiger partial charge in [0, 0.05) is 6.42 Å². The minimum absolute atomic E-state index is 0.0532. The SMILES string of the molecule is CCCC(=O)Oc1ccccc1OCC=O. The van der Waals surface area contributed by atoms with Crippen LogP contribution in [0.5, 0.6) is 11.5 Å². The molecule has 0 amide bonds. The quantitative estimate of drug-likeness (QED) is 0.419. The Hall–Kier alpha value is -1.84. The van der Waals surface area contributed by atoms with Crippen LogP contribution in [0.25, 0.3) is 0 Å². The van der Waals surface area contributed by atoms with Gasteiger partial charge in [-0.15, -0.1) is 0 Å². The van der Waals surface area contributed by atoms with E-state index >= 15 is 0 Å². The molecule has 86 valence electrons. The maximum atomic E-state index is 11.3. The number of hydrogen-bond acceptors (Lipinski definition) is 4. The van der Waals surface area contributed by atoms with Crippen LogP contribution in [0.3, 0.4) is 0 Å². The summed E-state index contributed by atoms with van der Waals surface area (Å²) in [7, 11) is 0. The van der Waals surface area contributed by atoms with Crippen molar-refractivity contribution >= 4 is 12.3 Å². The first kappa shape index (κ1) is 12.2. The molecule has 0 atom stereocenters. The van der Waals surface area contributed by atoms with Crippen LogP contribution in [0.1, 0.15) is 19.8 Å². The smallest absolute Gasteiger partial charge is 0.311 e. The molecule has 0 fully saturated rings. The first-order valence-electron chi connectivity index (χ1n) is 5.14. The number of aldehydes is 1. The fourth-order valence-electron chi connectivity index (χ4n) is 1.16. The van der Waals surface area contributed by atoms with Gasteiger partial charge in [-0.25, -0.2) is 0 Å². The van der Waals surface area contributed by atoms with Gasteiger partial charge in [0.2, 0.25) is 0 Å². The van der Waals surface area contributed by atoms with Gasteiger partial charge in [0.15, 0.2) is 17.8 Å². The van der Waals surface area contributed by atoms with Gasteiger partial charge in [-0.1, -0.05) is 19.1 Å². The number of ether oxygens (including phenoxy) is 2. The fraction of sp³-hybridized carbons (Fsp3) is 0.333. The Morgan fingerprint density at radius 2 is 2.00 bits per heavy atom. The zero-order chi connectivity index (χ0) is 11.8. The molecule has 0 spiro atoms. The second kappa shape index (κ2) is 6.61. The number of esters is 1. The molecule has 16 heavy (non-hydrogen) atoms.